The van der Waals surface area contributed by atoms with Crippen LogP contribution in [0.4, 0.5) is 5.69 Å². The molecule has 1 aliphatic heterocycles. The Labute approximate surface area is 148 Å². The molecule has 2 heterocycles. The fraction of sp³-hybridized carbons (Fsp3) is 0.167. The topological polar surface area (TPSA) is 61.2 Å². The molecule has 0 unspecified atom stereocenters. The van der Waals surface area contributed by atoms with Gasteiger partial charge in [0.05, 0.1) is 27.8 Å². The highest BCUT2D eigenvalue weighted by molar-refractivity contribution is 8.04. The van der Waals surface area contributed by atoms with Crippen molar-refractivity contribution in [3.05, 3.63) is 57.1 Å². The van der Waals surface area contributed by atoms with Gasteiger partial charge in [-0.05, 0) is 35.7 Å². The number of nitrogens with zero attached hydrogens (tertiary/aromatic N) is 2. The molecule has 0 saturated carbocycles. The summed E-state index contributed by atoms with van der Waals surface area (Å²) < 4.78 is 0. The Morgan fingerprint density at radius 3 is 2.38 bits per heavy atom. The van der Waals surface area contributed by atoms with Gasteiger partial charge in [-0.25, -0.2) is 4.90 Å². The fourth-order valence-corrected chi connectivity index (χ4v) is 4.22. The number of imide groups is 1. The molecule has 2 amide bonds. The number of benzene rings is 1. The number of nitriles is 1. The summed E-state index contributed by atoms with van der Waals surface area (Å²) >= 11 is 2.85. The molecule has 0 saturated heterocycles. The van der Waals surface area contributed by atoms with Crippen LogP contribution in [-0.2, 0) is 9.59 Å². The van der Waals surface area contributed by atoms with Gasteiger partial charge in [0.2, 0.25) is 0 Å². The van der Waals surface area contributed by atoms with E-state index < -0.39 is 0 Å². The highest BCUT2D eigenvalue weighted by Crippen LogP contribution is 2.41. The Morgan fingerprint density at radius 2 is 1.83 bits per heavy atom. The van der Waals surface area contributed by atoms with Crippen molar-refractivity contribution in [1.29, 1.82) is 5.26 Å². The Hall–Kier alpha value is -2.36. The molecular weight excluding hydrogens is 340 g/mol. The van der Waals surface area contributed by atoms with E-state index in [-0.39, 0.29) is 17.1 Å². The van der Waals surface area contributed by atoms with Gasteiger partial charge in [0.25, 0.3) is 11.8 Å². The highest BCUT2D eigenvalue weighted by atomic mass is 32.2. The van der Waals surface area contributed by atoms with Crippen LogP contribution in [0.5, 0.6) is 0 Å². The molecule has 0 fully saturated rings. The summed E-state index contributed by atoms with van der Waals surface area (Å²) in [5, 5.41) is 11.0. The van der Waals surface area contributed by atoms with Crippen LogP contribution >= 0.6 is 23.1 Å². The van der Waals surface area contributed by atoms with Crippen LogP contribution in [0, 0.1) is 11.3 Å². The Morgan fingerprint density at radius 1 is 1.12 bits per heavy atom. The smallest absolute Gasteiger partial charge is 0.268 e. The van der Waals surface area contributed by atoms with Gasteiger partial charge in [-0.3, -0.25) is 9.59 Å². The lowest BCUT2D eigenvalue weighted by atomic mass is 10.2. The van der Waals surface area contributed by atoms with E-state index >= 15 is 0 Å². The molecular formula is C18H14N2O2S2. The second-order valence-corrected chi connectivity index (χ2v) is 7.99. The summed E-state index contributed by atoms with van der Waals surface area (Å²) in [5.41, 5.74) is 1.44. The van der Waals surface area contributed by atoms with Gasteiger partial charge in [0.1, 0.15) is 0 Å². The van der Waals surface area contributed by atoms with Crippen molar-refractivity contribution in [3.8, 4) is 6.07 Å². The number of rotatable bonds is 4. The maximum absolute atomic E-state index is 12.9. The molecule has 2 aromatic rings. The van der Waals surface area contributed by atoms with E-state index in [0.29, 0.717) is 21.7 Å². The van der Waals surface area contributed by atoms with Gasteiger partial charge in [0.15, 0.2) is 0 Å². The zero-order valence-electron chi connectivity index (χ0n) is 13.1. The molecule has 1 aromatic carbocycles. The molecule has 0 atom stereocenters. The number of hydrogen-bond acceptors (Lipinski definition) is 5. The minimum absolute atomic E-state index is 0.188. The Bertz CT molecular complexity index is 859. The Kier molecular flexibility index (Phi) is 4.56. The molecule has 4 nitrogen and oxygen atoms in total. The first kappa shape index (κ1) is 16.5. The number of amides is 2. The monoisotopic (exact) mass is 354 g/mol. The second-order valence-electron chi connectivity index (χ2n) is 5.45. The van der Waals surface area contributed by atoms with Crippen LogP contribution in [0.1, 0.15) is 24.3 Å². The first-order valence-corrected chi connectivity index (χ1v) is 9.12. The number of hydrogen-bond donors (Lipinski definition) is 0. The average Bonchev–Trinajstić information content (AvgIpc) is 3.15. The molecule has 1 aromatic heterocycles. The van der Waals surface area contributed by atoms with Crippen molar-refractivity contribution in [1.82, 2.24) is 0 Å². The van der Waals surface area contributed by atoms with Crippen LogP contribution < -0.4 is 4.90 Å². The van der Waals surface area contributed by atoms with E-state index in [1.807, 2.05) is 37.4 Å². The minimum atomic E-state index is -0.310. The Balaban J connectivity index is 2.05. The third-order valence-electron chi connectivity index (χ3n) is 3.42. The summed E-state index contributed by atoms with van der Waals surface area (Å²) in [4.78, 5) is 28.3. The third kappa shape index (κ3) is 2.88. The van der Waals surface area contributed by atoms with Gasteiger partial charge in [-0.1, -0.05) is 19.9 Å². The highest BCUT2D eigenvalue weighted by Gasteiger charge is 2.40. The largest absolute Gasteiger partial charge is 0.272 e. The van der Waals surface area contributed by atoms with Crippen LogP contribution in [0.3, 0.4) is 0 Å². The first-order valence-electron chi connectivity index (χ1n) is 7.36. The molecule has 0 bridgehead atoms. The SMILES string of the molecule is CC(C)SC1=C(c2cccs2)C(=O)N(c2ccc(C#N)cc2)C1=O. The second kappa shape index (κ2) is 6.63. The van der Waals surface area contributed by atoms with E-state index in [9.17, 15) is 9.59 Å². The molecule has 120 valence electrons. The lowest BCUT2D eigenvalue weighted by Crippen LogP contribution is -2.31. The predicted molar refractivity (Wildman–Crippen MR) is 97.6 cm³/mol. The molecule has 1 aliphatic rings. The predicted octanol–water partition coefficient (Wildman–Crippen LogP) is 4.05. The molecule has 0 aliphatic carbocycles. The molecule has 0 radical (unpaired) electrons. The quantitative estimate of drug-likeness (QED) is 0.777. The van der Waals surface area contributed by atoms with Gasteiger partial charge in [-0.15, -0.1) is 23.1 Å². The van der Waals surface area contributed by atoms with E-state index in [1.165, 1.54) is 28.0 Å². The van der Waals surface area contributed by atoms with Crippen molar-refractivity contribution in [3.63, 3.8) is 0 Å². The molecule has 6 heteroatoms. The van der Waals surface area contributed by atoms with Crippen molar-refractivity contribution < 1.29 is 9.59 Å². The van der Waals surface area contributed by atoms with Gasteiger partial charge in [-0.2, -0.15) is 5.26 Å². The summed E-state index contributed by atoms with van der Waals surface area (Å²) in [5.74, 6) is -0.609. The first-order chi connectivity index (χ1) is 11.5. The zero-order valence-corrected chi connectivity index (χ0v) is 14.8. The van der Waals surface area contributed by atoms with Gasteiger partial charge < -0.3 is 0 Å². The average molecular weight is 354 g/mol. The zero-order chi connectivity index (χ0) is 17.3. The van der Waals surface area contributed by atoms with Crippen LogP contribution in [0.2, 0.25) is 0 Å². The van der Waals surface area contributed by atoms with Gasteiger partial charge >= 0.3 is 0 Å². The van der Waals surface area contributed by atoms with Crippen LogP contribution in [-0.4, -0.2) is 17.1 Å². The van der Waals surface area contributed by atoms with Gasteiger partial charge in [0, 0.05) is 10.1 Å². The fourth-order valence-electron chi connectivity index (χ4n) is 2.41. The maximum Gasteiger partial charge on any atom is 0.272 e. The maximum atomic E-state index is 12.9. The van der Waals surface area contributed by atoms with E-state index in [2.05, 4.69) is 0 Å². The number of carbonyl (C=O) groups is 2. The van der Waals surface area contributed by atoms with E-state index in [1.54, 1.807) is 24.3 Å². The van der Waals surface area contributed by atoms with Crippen molar-refractivity contribution in [2.45, 2.75) is 19.1 Å². The van der Waals surface area contributed by atoms with E-state index in [4.69, 9.17) is 5.26 Å². The lowest BCUT2D eigenvalue weighted by Gasteiger charge is -2.15. The summed E-state index contributed by atoms with van der Waals surface area (Å²) in [7, 11) is 0. The molecule has 0 spiro atoms. The molecule has 24 heavy (non-hydrogen) atoms. The summed E-state index contributed by atoms with van der Waals surface area (Å²) in [6.07, 6.45) is 0. The summed E-state index contributed by atoms with van der Waals surface area (Å²) in [6, 6.07) is 12.2. The lowest BCUT2D eigenvalue weighted by molar-refractivity contribution is -0.119. The van der Waals surface area contributed by atoms with Crippen LogP contribution in [0.25, 0.3) is 5.57 Å². The normalized spacial score (nSPS) is 14.7. The number of thioether (sulfide) groups is 1. The standard InChI is InChI=1S/C18H14N2O2S2/c1-11(2)24-16-15(14-4-3-9-23-14)17(21)20(18(16)22)13-7-5-12(10-19)6-8-13/h3-9,11H,1-2H3. The number of anilines is 1. The van der Waals surface area contributed by atoms with Crippen LogP contribution in [0.15, 0.2) is 46.7 Å². The third-order valence-corrected chi connectivity index (χ3v) is 5.39. The van der Waals surface area contributed by atoms with E-state index in [0.717, 1.165) is 4.88 Å². The van der Waals surface area contributed by atoms with Crippen molar-refractivity contribution >= 4 is 46.2 Å². The molecule has 3 rings (SSSR count). The minimum Gasteiger partial charge on any atom is -0.268 e. The molecule has 0 N–H and O–H groups in total. The number of thiophene rings is 1. The van der Waals surface area contributed by atoms with Crippen molar-refractivity contribution in [2.24, 2.45) is 0 Å². The summed E-state index contributed by atoms with van der Waals surface area (Å²) in [6.45, 7) is 3.98. The van der Waals surface area contributed by atoms with Crippen molar-refractivity contribution in [2.75, 3.05) is 4.90 Å². The number of carbonyl (C=O) groups excluding carboxylic acids is 2.